The van der Waals surface area contributed by atoms with Crippen molar-refractivity contribution in [3.63, 3.8) is 0 Å². The number of hydrogen-bond acceptors (Lipinski definition) is 3. The van der Waals surface area contributed by atoms with E-state index in [2.05, 4.69) is 29.4 Å². The van der Waals surface area contributed by atoms with Gasteiger partial charge in [0.1, 0.15) is 0 Å². The quantitative estimate of drug-likeness (QED) is 0.655. The maximum atomic E-state index is 12.9. The predicted octanol–water partition coefficient (Wildman–Crippen LogP) is 4.62. The van der Waals surface area contributed by atoms with Crippen molar-refractivity contribution in [1.29, 1.82) is 0 Å². The lowest BCUT2D eigenvalue weighted by atomic mass is 9.90. The number of aromatic nitrogens is 2. The fraction of sp³-hybridized carbons (Fsp3) is 0.320. The van der Waals surface area contributed by atoms with Gasteiger partial charge in [-0.2, -0.15) is 5.10 Å². The molecule has 5 nitrogen and oxygen atoms in total. The number of nitrogens with zero attached hydrogens (tertiary/aromatic N) is 1. The maximum Gasteiger partial charge on any atom is 0.267 e. The van der Waals surface area contributed by atoms with Gasteiger partial charge in [0.25, 0.3) is 11.5 Å². The molecule has 4 rings (SSSR count). The fourth-order valence-corrected chi connectivity index (χ4v) is 4.20. The summed E-state index contributed by atoms with van der Waals surface area (Å²) in [6.45, 7) is 4.23. The molecule has 5 heteroatoms. The Morgan fingerprint density at radius 2 is 1.83 bits per heavy atom. The second kappa shape index (κ2) is 8.66. The second-order valence-electron chi connectivity index (χ2n) is 8.24. The van der Waals surface area contributed by atoms with Crippen LogP contribution in [-0.2, 0) is 19.3 Å². The van der Waals surface area contributed by atoms with Gasteiger partial charge < -0.3 is 5.32 Å². The Labute approximate surface area is 176 Å². The molecule has 0 unspecified atom stereocenters. The molecule has 0 atom stereocenters. The monoisotopic (exact) mass is 401 g/mol. The minimum atomic E-state index is -0.124. The van der Waals surface area contributed by atoms with E-state index in [9.17, 15) is 9.59 Å². The molecule has 154 valence electrons. The molecule has 3 aromatic rings. The van der Waals surface area contributed by atoms with Crippen molar-refractivity contribution in [2.24, 2.45) is 0 Å². The highest BCUT2D eigenvalue weighted by molar-refractivity contribution is 6.04. The third-order valence-corrected chi connectivity index (χ3v) is 5.77. The van der Waals surface area contributed by atoms with Gasteiger partial charge in [0.15, 0.2) is 0 Å². The van der Waals surface area contributed by atoms with Crippen LogP contribution >= 0.6 is 0 Å². The average molecular weight is 402 g/mol. The van der Waals surface area contributed by atoms with Gasteiger partial charge >= 0.3 is 0 Å². The fourth-order valence-electron chi connectivity index (χ4n) is 4.20. The van der Waals surface area contributed by atoms with E-state index in [1.165, 1.54) is 0 Å². The zero-order valence-electron chi connectivity index (χ0n) is 17.5. The van der Waals surface area contributed by atoms with Crippen molar-refractivity contribution < 1.29 is 4.79 Å². The summed E-state index contributed by atoms with van der Waals surface area (Å²) in [6.07, 6.45) is 4.45. The Hall–Kier alpha value is -3.21. The van der Waals surface area contributed by atoms with Gasteiger partial charge in [-0.05, 0) is 66.5 Å². The summed E-state index contributed by atoms with van der Waals surface area (Å²) in [7, 11) is 0. The molecule has 30 heavy (non-hydrogen) atoms. The Morgan fingerprint density at radius 3 is 2.63 bits per heavy atom. The summed E-state index contributed by atoms with van der Waals surface area (Å²) in [5.74, 6) is 0.201. The number of carbonyl (C=O) groups is 1. The van der Waals surface area contributed by atoms with E-state index in [0.717, 1.165) is 59.3 Å². The highest BCUT2D eigenvalue weighted by Gasteiger charge is 2.18. The molecule has 1 aliphatic carbocycles. The maximum absolute atomic E-state index is 12.9. The first kappa shape index (κ1) is 20.1. The molecule has 0 fully saturated rings. The summed E-state index contributed by atoms with van der Waals surface area (Å²) >= 11 is 0. The SMILES string of the molecule is CC(C)c1ccccc1NC(=O)c1cccc(Cc2n[nH]c(=O)c3c2CCCC3)c1. The Morgan fingerprint density at radius 1 is 1.07 bits per heavy atom. The van der Waals surface area contributed by atoms with Gasteiger partial charge in [-0.1, -0.05) is 44.2 Å². The minimum absolute atomic E-state index is 0.0644. The molecule has 2 aromatic carbocycles. The number of benzene rings is 2. The Kier molecular flexibility index (Phi) is 5.79. The van der Waals surface area contributed by atoms with E-state index >= 15 is 0 Å². The number of rotatable bonds is 5. The molecule has 1 aliphatic rings. The molecular weight excluding hydrogens is 374 g/mol. The van der Waals surface area contributed by atoms with E-state index in [1.807, 2.05) is 48.5 Å². The minimum Gasteiger partial charge on any atom is -0.322 e. The van der Waals surface area contributed by atoms with Crippen molar-refractivity contribution in [2.45, 2.75) is 51.9 Å². The topological polar surface area (TPSA) is 74.8 Å². The largest absolute Gasteiger partial charge is 0.322 e. The molecule has 1 heterocycles. The van der Waals surface area contributed by atoms with E-state index in [0.29, 0.717) is 17.9 Å². The van der Waals surface area contributed by atoms with Crippen LogP contribution in [0, 0.1) is 0 Å². The summed E-state index contributed by atoms with van der Waals surface area (Å²) in [4.78, 5) is 25.0. The lowest BCUT2D eigenvalue weighted by Gasteiger charge is -2.17. The number of para-hydroxylation sites is 1. The molecule has 1 aromatic heterocycles. The lowest BCUT2D eigenvalue weighted by Crippen LogP contribution is -2.23. The molecule has 0 aliphatic heterocycles. The van der Waals surface area contributed by atoms with Crippen LogP contribution in [0.5, 0.6) is 0 Å². The third kappa shape index (κ3) is 4.20. The van der Waals surface area contributed by atoms with Crippen LogP contribution in [-0.4, -0.2) is 16.1 Å². The summed E-state index contributed by atoms with van der Waals surface area (Å²) in [5.41, 5.74) is 6.40. The second-order valence-corrected chi connectivity index (χ2v) is 8.24. The zero-order chi connectivity index (χ0) is 21.1. The number of amides is 1. The van der Waals surface area contributed by atoms with Crippen molar-refractivity contribution in [1.82, 2.24) is 10.2 Å². The van der Waals surface area contributed by atoms with Crippen LogP contribution in [0.15, 0.2) is 53.3 Å². The van der Waals surface area contributed by atoms with Gasteiger partial charge in [0, 0.05) is 23.2 Å². The summed E-state index contributed by atoms with van der Waals surface area (Å²) < 4.78 is 0. The van der Waals surface area contributed by atoms with Crippen LogP contribution in [0.1, 0.15) is 70.9 Å². The molecule has 0 spiro atoms. The first-order chi connectivity index (χ1) is 14.5. The molecule has 2 N–H and O–H groups in total. The van der Waals surface area contributed by atoms with Crippen LogP contribution < -0.4 is 10.9 Å². The van der Waals surface area contributed by atoms with E-state index < -0.39 is 0 Å². The van der Waals surface area contributed by atoms with E-state index in [4.69, 9.17) is 0 Å². The smallest absolute Gasteiger partial charge is 0.267 e. The van der Waals surface area contributed by atoms with E-state index in [-0.39, 0.29) is 11.5 Å². The molecule has 0 radical (unpaired) electrons. The number of nitrogens with one attached hydrogen (secondary N) is 2. The number of anilines is 1. The van der Waals surface area contributed by atoms with Crippen LogP contribution in [0.3, 0.4) is 0 Å². The Balaban J connectivity index is 1.57. The molecule has 0 saturated carbocycles. The average Bonchev–Trinajstić information content (AvgIpc) is 2.76. The van der Waals surface area contributed by atoms with Crippen LogP contribution in [0.2, 0.25) is 0 Å². The van der Waals surface area contributed by atoms with Gasteiger partial charge in [-0.15, -0.1) is 0 Å². The number of H-pyrrole nitrogens is 1. The predicted molar refractivity (Wildman–Crippen MR) is 119 cm³/mol. The van der Waals surface area contributed by atoms with Gasteiger partial charge in [-0.3, -0.25) is 9.59 Å². The summed E-state index contributed by atoms with van der Waals surface area (Å²) in [6, 6.07) is 15.5. The van der Waals surface area contributed by atoms with Crippen LogP contribution in [0.4, 0.5) is 5.69 Å². The first-order valence-electron chi connectivity index (χ1n) is 10.6. The van der Waals surface area contributed by atoms with Crippen molar-refractivity contribution >= 4 is 11.6 Å². The van der Waals surface area contributed by atoms with Gasteiger partial charge in [-0.25, -0.2) is 5.10 Å². The summed E-state index contributed by atoms with van der Waals surface area (Å²) in [5, 5.41) is 10.0. The zero-order valence-corrected chi connectivity index (χ0v) is 17.5. The van der Waals surface area contributed by atoms with Crippen molar-refractivity contribution in [2.75, 3.05) is 5.32 Å². The number of fused-ring (bicyclic) bond motifs is 1. The highest BCUT2D eigenvalue weighted by Crippen LogP contribution is 2.25. The van der Waals surface area contributed by atoms with Crippen molar-refractivity contribution in [3.8, 4) is 0 Å². The number of hydrogen-bond donors (Lipinski definition) is 2. The molecular formula is C25H27N3O2. The number of carbonyl (C=O) groups excluding carboxylic acids is 1. The number of aromatic amines is 1. The highest BCUT2D eigenvalue weighted by atomic mass is 16.1. The van der Waals surface area contributed by atoms with Crippen molar-refractivity contribution in [3.05, 3.63) is 92.4 Å². The standard InChI is InChI=1S/C25H27N3O2/c1-16(2)19-10-5-6-13-22(19)26-24(29)18-9-7-8-17(14-18)15-23-20-11-3-4-12-21(20)25(30)28-27-23/h5-10,13-14,16H,3-4,11-12,15H2,1-2H3,(H,26,29)(H,28,30). The van der Waals surface area contributed by atoms with E-state index in [1.54, 1.807) is 0 Å². The molecule has 0 saturated heterocycles. The van der Waals surface area contributed by atoms with Gasteiger partial charge in [0.2, 0.25) is 0 Å². The lowest BCUT2D eigenvalue weighted by molar-refractivity contribution is 0.102. The van der Waals surface area contributed by atoms with Gasteiger partial charge in [0.05, 0.1) is 5.69 Å². The molecule has 1 amide bonds. The van der Waals surface area contributed by atoms with Crippen LogP contribution in [0.25, 0.3) is 0 Å². The first-order valence-corrected chi connectivity index (χ1v) is 10.6. The normalized spacial score (nSPS) is 13.2. The third-order valence-electron chi connectivity index (χ3n) is 5.77. The molecule has 0 bridgehead atoms. The Bertz CT molecular complexity index is 1130.